The highest BCUT2D eigenvalue weighted by atomic mass is 79.9. The molecule has 1 saturated heterocycles. The lowest BCUT2D eigenvalue weighted by Gasteiger charge is -2.42. The molecular weight excluding hydrogens is 308 g/mol. The summed E-state index contributed by atoms with van der Waals surface area (Å²) in [7, 11) is 0. The molecule has 4 nitrogen and oxygen atoms in total. The Balaban J connectivity index is 2.15. The molecule has 2 atom stereocenters. The molecule has 1 aliphatic heterocycles. The van der Waals surface area contributed by atoms with Crippen molar-refractivity contribution in [3.63, 3.8) is 0 Å². The minimum atomic E-state index is -0.635. The standard InChI is InChI=1S/C14H23BrN2O2/c1-10-6-5-7-11(2)14(10)12(18)17(13(19)16-14)9-4-3-8-15/h10-11H,3-9H2,1-2H3,(H,16,19). The number of hydrogen-bond acceptors (Lipinski definition) is 2. The Kier molecular flexibility index (Phi) is 4.54. The van der Waals surface area contributed by atoms with Crippen LogP contribution in [0.2, 0.25) is 0 Å². The molecule has 108 valence electrons. The number of amides is 3. The molecule has 2 rings (SSSR count). The van der Waals surface area contributed by atoms with Crippen LogP contribution in [0, 0.1) is 11.8 Å². The third kappa shape index (κ3) is 2.41. The van der Waals surface area contributed by atoms with E-state index >= 15 is 0 Å². The second kappa shape index (κ2) is 5.81. The van der Waals surface area contributed by atoms with Gasteiger partial charge in [-0.3, -0.25) is 9.69 Å². The fraction of sp³-hybridized carbons (Fsp3) is 0.857. The molecule has 1 heterocycles. The van der Waals surface area contributed by atoms with Crippen LogP contribution in [-0.2, 0) is 4.79 Å². The summed E-state index contributed by atoms with van der Waals surface area (Å²) in [6.45, 7) is 4.73. The second-order valence-corrected chi connectivity index (χ2v) is 6.68. The summed E-state index contributed by atoms with van der Waals surface area (Å²) < 4.78 is 0. The summed E-state index contributed by atoms with van der Waals surface area (Å²) >= 11 is 3.37. The first-order chi connectivity index (χ1) is 9.04. The first-order valence-electron chi connectivity index (χ1n) is 7.24. The van der Waals surface area contributed by atoms with E-state index in [1.165, 1.54) is 4.90 Å². The third-order valence-electron chi connectivity index (χ3n) is 4.75. The van der Waals surface area contributed by atoms with Gasteiger partial charge < -0.3 is 5.32 Å². The number of hydrogen-bond donors (Lipinski definition) is 1. The Labute approximate surface area is 123 Å². The van der Waals surface area contributed by atoms with Gasteiger partial charge in [0.2, 0.25) is 0 Å². The van der Waals surface area contributed by atoms with Crippen molar-refractivity contribution in [1.82, 2.24) is 10.2 Å². The fourth-order valence-corrected chi connectivity index (χ4v) is 3.92. The van der Waals surface area contributed by atoms with E-state index in [0.717, 1.165) is 37.4 Å². The fourth-order valence-electron chi connectivity index (χ4n) is 3.52. The number of nitrogens with one attached hydrogen (secondary N) is 1. The molecule has 0 bridgehead atoms. The summed E-state index contributed by atoms with van der Waals surface area (Å²) in [5.74, 6) is 0.467. The van der Waals surface area contributed by atoms with Crippen molar-refractivity contribution in [3.8, 4) is 0 Å². The van der Waals surface area contributed by atoms with Crippen molar-refractivity contribution in [2.75, 3.05) is 11.9 Å². The van der Waals surface area contributed by atoms with Crippen LogP contribution >= 0.6 is 15.9 Å². The van der Waals surface area contributed by atoms with Crippen molar-refractivity contribution in [2.45, 2.75) is 51.5 Å². The lowest BCUT2D eigenvalue weighted by atomic mass is 9.67. The van der Waals surface area contributed by atoms with Gasteiger partial charge in [0, 0.05) is 11.9 Å². The van der Waals surface area contributed by atoms with Crippen LogP contribution in [0.3, 0.4) is 0 Å². The summed E-state index contributed by atoms with van der Waals surface area (Å²) in [5, 5.41) is 3.93. The topological polar surface area (TPSA) is 49.4 Å². The Bertz CT molecular complexity index is 362. The number of imide groups is 1. The number of urea groups is 1. The van der Waals surface area contributed by atoms with Gasteiger partial charge in [-0.2, -0.15) is 0 Å². The highest BCUT2D eigenvalue weighted by Crippen LogP contribution is 2.42. The van der Waals surface area contributed by atoms with E-state index in [9.17, 15) is 9.59 Å². The maximum atomic E-state index is 12.7. The van der Waals surface area contributed by atoms with Gasteiger partial charge in [0.05, 0.1) is 0 Å². The van der Waals surface area contributed by atoms with E-state index in [-0.39, 0.29) is 23.8 Å². The molecule has 0 aromatic heterocycles. The predicted molar refractivity (Wildman–Crippen MR) is 78.2 cm³/mol. The molecule has 2 unspecified atom stereocenters. The van der Waals surface area contributed by atoms with Crippen LogP contribution in [0.1, 0.15) is 46.0 Å². The Morgan fingerprint density at radius 2 is 1.89 bits per heavy atom. The number of unbranched alkanes of at least 4 members (excludes halogenated alkanes) is 1. The zero-order valence-corrected chi connectivity index (χ0v) is 13.3. The minimum Gasteiger partial charge on any atom is -0.323 e. The van der Waals surface area contributed by atoms with Crippen molar-refractivity contribution >= 4 is 27.9 Å². The Morgan fingerprint density at radius 3 is 2.47 bits per heavy atom. The SMILES string of the molecule is CC1CCCC(C)C12NC(=O)N(CCCCBr)C2=O. The highest BCUT2D eigenvalue weighted by molar-refractivity contribution is 9.09. The van der Waals surface area contributed by atoms with E-state index in [2.05, 4.69) is 35.1 Å². The van der Waals surface area contributed by atoms with Crippen LogP contribution in [0.15, 0.2) is 0 Å². The van der Waals surface area contributed by atoms with Crippen LogP contribution in [-0.4, -0.2) is 34.3 Å². The predicted octanol–water partition coefficient (Wildman–Crippen LogP) is 2.91. The third-order valence-corrected chi connectivity index (χ3v) is 5.31. The first-order valence-corrected chi connectivity index (χ1v) is 8.36. The molecule has 3 amide bonds. The van der Waals surface area contributed by atoms with E-state index in [1.807, 2.05) is 0 Å². The molecule has 2 aliphatic rings. The molecule has 0 aromatic carbocycles. The number of rotatable bonds is 4. The lowest BCUT2D eigenvalue weighted by Crippen LogP contribution is -2.58. The van der Waals surface area contributed by atoms with Gasteiger partial charge in [-0.25, -0.2) is 4.79 Å². The number of carbonyl (C=O) groups excluding carboxylic acids is 2. The molecule has 0 radical (unpaired) electrons. The molecule has 2 fully saturated rings. The molecule has 1 spiro atoms. The highest BCUT2D eigenvalue weighted by Gasteiger charge is 2.57. The van der Waals surface area contributed by atoms with Crippen LogP contribution in [0.4, 0.5) is 4.79 Å². The van der Waals surface area contributed by atoms with Crippen molar-refractivity contribution in [3.05, 3.63) is 0 Å². The summed E-state index contributed by atoms with van der Waals surface area (Å²) in [6.07, 6.45) is 5.03. The average molecular weight is 331 g/mol. The van der Waals surface area contributed by atoms with Crippen LogP contribution < -0.4 is 5.32 Å². The zero-order valence-electron chi connectivity index (χ0n) is 11.7. The Morgan fingerprint density at radius 1 is 1.26 bits per heavy atom. The van der Waals surface area contributed by atoms with Gasteiger partial charge >= 0.3 is 6.03 Å². The maximum absolute atomic E-state index is 12.7. The lowest BCUT2D eigenvalue weighted by molar-refractivity contribution is -0.136. The van der Waals surface area contributed by atoms with E-state index in [4.69, 9.17) is 0 Å². The van der Waals surface area contributed by atoms with E-state index < -0.39 is 5.54 Å². The normalized spacial score (nSPS) is 35.0. The minimum absolute atomic E-state index is 0.00627. The summed E-state index contributed by atoms with van der Waals surface area (Å²) in [6, 6.07) is -0.194. The number of nitrogens with zero attached hydrogens (tertiary/aromatic N) is 1. The quantitative estimate of drug-likeness (QED) is 0.489. The van der Waals surface area contributed by atoms with Gasteiger partial charge in [0.25, 0.3) is 5.91 Å². The van der Waals surface area contributed by atoms with E-state index in [1.54, 1.807) is 0 Å². The second-order valence-electron chi connectivity index (χ2n) is 5.89. The van der Waals surface area contributed by atoms with Gasteiger partial charge in [0.1, 0.15) is 5.54 Å². The monoisotopic (exact) mass is 330 g/mol. The molecular formula is C14H23BrN2O2. The van der Waals surface area contributed by atoms with Crippen LogP contribution in [0.25, 0.3) is 0 Å². The molecule has 1 N–H and O–H groups in total. The Hall–Kier alpha value is -0.580. The van der Waals surface area contributed by atoms with Gasteiger partial charge in [-0.15, -0.1) is 0 Å². The smallest absolute Gasteiger partial charge is 0.323 e. The van der Waals surface area contributed by atoms with Crippen LogP contribution in [0.5, 0.6) is 0 Å². The number of alkyl halides is 1. The van der Waals surface area contributed by atoms with Crippen molar-refractivity contribution in [1.29, 1.82) is 0 Å². The zero-order chi connectivity index (χ0) is 14.0. The van der Waals surface area contributed by atoms with Gasteiger partial charge in [-0.1, -0.05) is 36.2 Å². The number of halogens is 1. The largest absolute Gasteiger partial charge is 0.325 e. The number of carbonyl (C=O) groups is 2. The molecule has 0 aromatic rings. The van der Waals surface area contributed by atoms with Crippen molar-refractivity contribution < 1.29 is 9.59 Å². The maximum Gasteiger partial charge on any atom is 0.325 e. The molecule has 1 saturated carbocycles. The van der Waals surface area contributed by atoms with E-state index in [0.29, 0.717) is 6.54 Å². The van der Waals surface area contributed by atoms with Gasteiger partial charge in [0.15, 0.2) is 0 Å². The molecule has 19 heavy (non-hydrogen) atoms. The molecule has 5 heteroatoms. The summed E-state index contributed by atoms with van der Waals surface area (Å²) in [5.41, 5.74) is -0.635. The molecule has 1 aliphatic carbocycles. The van der Waals surface area contributed by atoms with Gasteiger partial charge in [-0.05, 0) is 37.5 Å². The average Bonchev–Trinajstić information content (AvgIpc) is 2.62. The summed E-state index contributed by atoms with van der Waals surface area (Å²) in [4.78, 5) is 26.3. The van der Waals surface area contributed by atoms with Crippen molar-refractivity contribution in [2.24, 2.45) is 11.8 Å². The first kappa shape index (κ1) is 14.8.